The van der Waals surface area contributed by atoms with Gasteiger partial charge in [-0.05, 0) is 37.8 Å². The van der Waals surface area contributed by atoms with E-state index in [0.29, 0.717) is 28.7 Å². The van der Waals surface area contributed by atoms with E-state index in [-0.39, 0.29) is 30.1 Å². The number of carbonyl (C=O) groups excluding carboxylic acids is 1. The highest BCUT2D eigenvalue weighted by Crippen LogP contribution is 2.30. The van der Waals surface area contributed by atoms with Gasteiger partial charge in [-0.1, -0.05) is 32.9 Å². The molecule has 0 aliphatic heterocycles. The fourth-order valence-corrected chi connectivity index (χ4v) is 5.37. The summed E-state index contributed by atoms with van der Waals surface area (Å²) in [7, 11) is -3.33. The van der Waals surface area contributed by atoms with Crippen LogP contribution in [0.4, 0.5) is 0 Å². The SMILES string of the molecule is CCCS(=O)(=O)c1ccccc1SC(C)C(=O)NC(CN)CC(C)C.Cl. The molecule has 5 nitrogen and oxygen atoms in total. The molecule has 0 saturated carbocycles. The normalized spacial score (nSPS) is 13.8. The van der Waals surface area contributed by atoms with Crippen LogP contribution in [0.3, 0.4) is 0 Å². The Morgan fingerprint density at radius 1 is 1.23 bits per heavy atom. The van der Waals surface area contributed by atoms with E-state index in [0.717, 1.165) is 6.42 Å². The Balaban J connectivity index is 0.00000625. The first-order valence-electron chi connectivity index (χ1n) is 8.70. The van der Waals surface area contributed by atoms with Gasteiger partial charge in [-0.15, -0.1) is 24.2 Å². The monoisotopic (exact) mass is 422 g/mol. The van der Waals surface area contributed by atoms with Crippen LogP contribution >= 0.6 is 24.2 Å². The number of carbonyl (C=O) groups is 1. The van der Waals surface area contributed by atoms with E-state index >= 15 is 0 Å². The first-order valence-corrected chi connectivity index (χ1v) is 11.2. The van der Waals surface area contributed by atoms with Gasteiger partial charge in [0.15, 0.2) is 9.84 Å². The second-order valence-electron chi connectivity index (χ2n) is 6.60. The van der Waals surface area contributed by atoms with Gasteiger partial charge in [-0.3, -0.25) is 4.79 Å². The minimum atomic E-state index is -3.33. The van der Waals surface area contributed by atoms with Crippen LogP contribution in [-0.2, 0) is 14.6 Å². The summed E-state index contributed by atoms with van der Waals surface area (Å²) in [5, 5.41) is 2.56. The van der Waals surface area contributed by atoms with Gasteiger partial charge in [-0.25, -0.2) is 8.42 Å². The predicted octanol–water partition coefficient (Wildman–Crippen LogP) is 3.26. The van der Waals surface area contributed by atoms with Crippen molar-refractivity contribution in [3.8, 4) is 0 Å². The van der Waals surface area contributed by atoms with Crippen LogP contribution in [0.2, 0.25) is 0 Å². The van der Waals surface area contributed by atoms with Crippen LogP contribution in [0.15, 0.2) is 34.1 Å². The predicted molar refractivity (Wildman–Crippen MR) is 112 cm³/mol. The smallest absolute Gasteiger partial charge is 0.233 e. The Labute approximate surface area is 168 Å². The molecule has 1 aromatic carbocycles. The van der Waals surface area contributed by atoms with Crippen molar-refractivity contribution in [3.63, 3.8) is 0 Å². The molecule has 150 valence electrons. The van der Waals surface area contributed by atoms with Gasteiger partial charge in [0.1, 0.15) is 0 Å². The molecule has 0 aliphatic carbocycles. The maximum Gasteiger partial charge on any atom is 0.233 e. The number of thioether (sulfide) groups is 1. The Hall–Kier alpha value is -0.760. The summed E-state index contributed by atoms with van der Waals surface area (Å²) >= 11 is 1.27. The molecular weight excluding hydrogens is 392 g/mol. The lowest BCUT2D eigenvalue weighted by Gasteiger charge is -2.21. The molecule has 2 atom stereocenters. The number of hydrogen-bond acceptors (Lipinski definition) is 5. The zero-order valence-electron chi connectivity index (χ0n) is 15.9. The molecule has 0 saturated heterocycles. The molecule has 3 N–H and O–H groups in total. The molecule has 0 aromatic heterocycles. The van der Waals surface area contributed by atoms with E-state index in [4.69, 9.17) is 5.73 Å². The van der Waals surface area contributed by atoms with Crippen LogP contribution in [-0.4, -0.2) is 37.9 Å². The van der Waals surface area contributed by atoms with Crippen molar-refractivity contribution in [2.75, 3.05) is 12.3 Å². The van der Waals surface area contributed by atoms with Gasteiger partial charge in [0.05, 0.1) is 15.9 Å². The van der Waals surface area contributed by atoms with Crippen molar-refractivity contribution in [2.24, 2.45) is 11.7 Å². The second kappa shape index (κ2) is 11.8. The molecule has 0 bridgehead atoms. The fraction of sp³-hybridized carbons (Fsp3) is 0.611. The van der Waals surface area contributed by atoms with Gasteiger partial charge in [-0.2, -0.15) is 0 Å². The van der Waals surface area contributed by atoms with E-state index in [1.807, 2.05) is 6.92 Å². The van der Waals surface area contributed by atoms with E-state index in [1.165, 1.54) is 11.8 Å². The van der Waals surface area contributed by atoms with Gasteiger partial charge >= 0.3 is 0 Å². The van der Waals surface area contributed by atoms with E-state index in [1.54, 1.807) is 31.2 Å². The van der Waals surface area contributed by atoms with Crippen molar-refractivity contribution in [1.82, 2.24) is 5.32 Å². The second-order valence-corrected chi connectivity index (χ2v) is 10.1. The first-order chi connectivity index (χ1) is 11.7. The number of hydrogen-bond donors (Lipinski definition) is 2. The number of sulfone groups is 1. The van der Waals surface area contributed by atoms with Gasteiger partial charge < -0.3 is 11.1 Å². The average molecular weight is 423 g/mol. The highest BCUT2D eigenvalue weighted by Gasteiger charge is 2.23. The Morgan fingerprint density at radius 2 is 1.85 bits per heavy atom. The lowest BCUT2D eigenvalue weighted by molar-refractivity contribution is -0.121. The third-order valence-corrected chi connectivity index (χ3v) is 7.00. The zero-order valence-corrected chi connectivity index (χ0v) is 18.3. The molecule has 0 radical (unpaired) electrons. The quantitative estimate of drug-likeness (QED) is 0.565. The van der Waals surface area contributed by atoms with Gasteiger partial charge in [0.25, 0.3) is 0 Å². The molecule has 26 heavy (non-hydrogen) atoms. The standard InChI is InChI=1S/C18H30N2O3S2.ClH/c1-5-10-25(22,23)17-9-7-6-8-16(17)24-14(4)18(21)20-15(12-19)11-13(2)3;/h6-9,13-15H,5,10-12,19H2,1-4H3,(H,20,21);1H. The number of halogens is 1. The third kappa shape index (κ3) is 7.86. The highest BCUT2D eigenvalue weighted by atomic mass is 35.5. The molecule has 0 heterocycles. The molecule has 8 heteroatoms. The summed E-state index contributed by atoms with van der Waals surface area (Å²) in [6.07, 6.45) is 1.38. The van der Waals surface area contributed by atoms with Crippen molar-refractivity contribution in [3.05, 3.63) is 24.3 Å². The number of amides is 1. The van der Waals surface area contributed by atoms with Crippen LogP contribution in [0, 0.1) is 5.92 Å². The molecule has 1 amide bonds. The molecule has 1 rings (SSSR count). The summed E-state index contributed by atoms with van der Waals surface area (Å²) in [5.41, 5.74) is 5.74. The summed E-state index contributed by atoms with van der Waals surface area (Å²) in [6, 6.07) is 6.81. The minimum absolute atomic E-state index is 0. The maximum absolute atomic E-state index is 12.4. The molecule has 2 unspecified atom stereocenters. The average Bonchev–Trinajstić information content (AvgIpc) is 2.53. The molecule has 0 aliphatic rings. The van der Waals surface area contributed by atoms with Crippen molar-refractivity contribution in [1.29, 1.82) is 0 Å². The van der Waals surface area contributed by atoms with E-state index in [9.17, 15) is 13.2 Å². The Morgan fingerprint density at radius 3 is 2.38 bits per heavy atom. The van der Waals surface area contributed by atoms with Crippen molar-refractivity contribution in [2.45, 2.75) is 61.6 Å². The lowest BCUT2D eigenvalue weighted by Crippen LogP contribution is -2.44. The van der Waals surface area contributed by atoms with Gasteiger partial charge in [0.2, 0.25) is 5.91 Å². The Kier molecular flexibility index (Phi) is 11.5. The van der Waals surface area contributed by atoms with Crippen molar-refractivity contribution >= 4 is 39.9 Å². The molecule has 0 fully saturated rings. The van der Waals surface area contributed by atoms with Crippen LogP contribution in [0.5, 0.6) is 0 Å². The van der Waals surface area contributed by atoms with Gasteiger partial charge in [0, 0.05) is 17.5 Å². The molecule has 0 spiro atoms. The summed E-state index contributed by atoms with van der Waals surface area (Å²) in [5.74, 6) is 0.426. The van der Waals surface area contributed by atoms with E-state index in [2.05, 4.69) is 19.2 Å². The number of nitrogens with one attached hydrogen (secondary N) is 1. The van der Waals surface area contributed by atoms with Crippen LogP contribution in [0.25, 0.3) is 0 Å². The number of nitrogens with two attached hydrogens (primary N) is 1. The lowest BCUT2D eigenvalue weighted by atomic mass is 10.0. The van der Waals surface area contributed by atoms with Crippen LogP contribution in [0.1, 0.15) is 40.5 Å². The first kappa shape index (κ1) is 25.2. The molecule has 1 aromatic rings. The summed E-state index contributed by atoms with van der Waals surface area (Å²) < 4.78 is 24.8. The van der Waals surface area contributed by atoms with Crippen LogP contribution < -0.4 is 11.1 Å². The summed E-state index contributed by atoms with van der Waals surface area (Å²) in [6.45, 7) is 8.18. The summed E-state index contributed by atoms with van der Waals surface area (Å²) in [4.78, 5) is 13.4. The topological polar surface area (TPSA) is 89.3 Å². The highest BCUT2D eigenvalue weighted by molar-refractivity contribution is 8.01. The fourth-order valence-electron chi connectivity index (χ4n) is 2.53. The number of rotatable bonds is 10. The zero-order chi connectivity index (χ0) is 19.0. The van der Waals surface area contributed by atoms with Crippen molar-refractivity contribution < 1.29 is 13.2 Å². The number of benzene rings is 1. The molecular formula is C18H31ClN2O3S2. The van der Waals surface area contributed by atoms with E-state index < -0.39 is 15.1 Å². The minimum Gasteiger partial charge on any atom is -0.351 e. The largest absolute Gasteiger partial charge is 0.351 e. The third-order valence-electron chi connectivity index (χ3n) is 3.72. The maximum atomic E-state index is 12.4. The Bertz CT molecular complexity index is 666.